The number of esters is 1. The van der Waals surface area contributed by atoms with Gasteiger partial charge in [-0.1, -0.05) is 6.07 Å². The summed E-state index contributed by atoms with van der Waals surface area (Å²) in [6.07, 6.45) is 1.69. The Balaban J connectivity index is 2.13. The lowest BCUT2D eigenvalue weighted by atomic mass is 10.2. The third-order valence-electron chi connectivity index (χ3n) is 3.33. The van der Waals surface area contributed by atoms with Crippen LogP contribution in [0.25, 0.3) is 16.7 Å². The second kappa shape index (κ2) is 5.28. The highest BCUT2D eigenvalue weighted by Crippen LogP contribution is 2.23. The van der Waals surface area contributed by atoms with E-state index in [2.05, 4.69) is 4.98 Å². The van der Waals surface area contributed by atoms with Crippen molar-refractivity contribution in [1.82, 2.24) is 9.55 Å². The minimum absolute atomic E-state index is 0.388. The second-order valence-electron chi connectivity index (χ2n) is 4.48. The number of carbonyl (C=O) groups excluding carboxylic acids is 1. The molecule has 0 N–H and O–H groups in total. The molecule has 0 aliphatic carbocycles. The Morgan fingerprint density at radius 3 is 2.52 bits per heavy atom. The van der Waals surface area contributed by atoms with Crippen LogP contribution in [0.5, 0.6) is 5.75 Å². The molecule has 1 heterocycles. The molecule has 0 saturated heterocycles. The van der Waals surface area contributed by atoms with Gasteiger partial charge in [-0.3, -0.25) is 4.57 Å². The third-order valence-corrected chi connectivity index (χ3v) is 3.33. The van der Waals surface area contributed by atoms with E-state index < -0.39 is 0 Å². The summed E-state index contributed by atoms with van der Waals surface area (Å²) in [5, 5.41) is 0. The fourth-order valence-electron chi connectivity index (χ4n) is 2.26. The van der Waals surface area contributed by atoms with Crippen molar-refractivity contribution in [2.75, 3.05) is 14.2 Å². The molecule has 3 aromatic rings. The SMILES string of the molecule is COC(=O)c1cccc2c1ncn2-c1ccc(OC)cc1. The topological polar surface area (TPSA) is 53.3 Å². The molecule has 0 spiro atoms. The molecule has 5 nitrogen and oxygen atoms in total. The summed E-state index contributed by atoms with van der Waals surface area (Å²) < 4.78 is 11.9. The van der Waals surface area contributed by atoms with Crippen LogP contribution in [0.1, 0.15) is 10.4 Å². The van der Waals surface area contributed by atoms with Gasteiger partial charge in [0.05, 0.1) is 25.3 Å². The number of ether oxygens (including phenoxy) is 2. The summed E-state index contributed by atoms with van der Waals surface area (Å²) in [4.78, 5) is 16.1. The third kappa shape index (κ3) is 2.23. The van der Waals surface area contributed by atoms with E-state index in [4.69, 9.17) is 9.47 Å². The monoisotopic (exact) mass is 282 g/mol. The first-order valence-corrected chi connectivity index (χ1v) is 6.43. The van der Waals surface area contributed by atoms with Crippen molar-refractivity contribution in [3.05, 3.63) is 54.4 Å². The van der Waals surface area contributed by atoms with Gasteiger partial charge in [0.25, 0.3) is 0 Å². The predicted molar refractivity (Wildman–Crippen MR) is 79.0 cm³/mol. The van der Waals surface area contributed by atoms with E-state index in [-0.39, 0.29) is 5.97 Å². The zero-order valence-electron chi connectivity index (χ0n) is 11.7. The molecule has 0 unspecified atom stereocenters. The van der Waals surface area contributed by atoms with E-state index >= 15 is 0 Å². The van der Waals surface area contributed by atoms with Gasteiger partial charge in [-0.15, -0.1) is 0 Å². The van der Waals surface area contributed by atoms with Gasteiger partial charge in [-0.25, -0.2) is 9.78 Å². The lowest BCUT2D eigenvalue weighted by molar-refractivity contribution is 0.0603. The van der Waals surface area contributed by atoms with Gasteiger partial charge in [-0.2, -0.15) is 0 Å². The van der Waals surface area contributed by atoms with Gasteiger partial charge in [0.2, 0.25) is 0 Å². The van der Waals surface area contributed by atoms with Gasteiger partial charge in [0.15, 0.2) is 0 Å². The summed E-state index contributed by atoms with van der Waals surface area (Å²) >= 11 is 0. The number of fused-ring (bicyclic) bond motifs is 1. The quantitative estimate of drug-likeness (QED) is 0.693. The molecule has 21 heavy (non-hydrogen) atoms. The van der Waals surface area contributed by atoms with Gasteiger partial charge >= 0.3 is 5.97 Å². The number of imidazole rings is 1. The Kier molecular flexibility index (Phi) is 3.31. The molecular formula is C16H14N2O3. The van der Waals surface area contributed by atoms with E-state index in [0.29, 0.717) is 11.1 Å². The van der Waals surface area contributed by atoms with Crippen LogP contribution < -0.4 is 4.74 Å². The largest absolute Gasteiger partial charge is 0.497 e. The molecule has 5 heteroatoms. The molecule has 106 valence electrons. The maximum absolute atomic E-state index is 11.8. The molecule has 0 atom stereocenters. The van der Waals surface area contributed by atoms with Crippen molar-refractivity contribution in [2.24, 2.45) is 0 Å². The van der Waals surface area contributed by atoms with E-state index in [0.717, 1.165) is 17.0 Å². The zero-order chi connectivity index (χ0) is 14.8. The Labute approximate surface area is 121 Å². The molecule has 0 saturated carbocycles. The number of aromatic nitrogens is 2. The van der Waals surface area contributed by atoms with Crippen LogP contribution in [0, 0.1) is 0 Å². The molecule has 0 radical (unpaired) electrons. The first kappa shape index (κ1) is 13.2. The van der Waals surface area contributed by atoms with Gasteiger partial charge in [0.1, 0.15) is 17.6 Å². The highest BCUT2D eigenvalue weighted by molar-refractivity contribution is 6.02. The minimum Gasteiger partial charge on any atom is -0.497 e. The Hall–Kier alpha value is -2.82. The number of hydrogen-bond acceptors (Lipinski definition) is 4. The van der Waals surface area contributed by atoms with Crippen molar-refractivity contribution < 1.29 is 14.3 Å². The Morgan fingerprint density at radius 1 is 1.10 bits per heavy atom. The summed E-state index contributed by atoms with van der Waals surface area (Å²) in [6.45, 7) is 0. The maximum atomic E-state index is 11.8. The highest BCUT2D eigenvalue weighted by Gasteiger charge is 2.14. The van der Waals surface area contributed by atoms with Crippen LogP contribution >= 0.6 is 0 Å². The number of hydrogen-bond donors (Lipinski definition) is 0. The number of benzene rings is 2. The number of rotatable bonds is 3. The van der Waals surface area contributed by atoms with Crippen LogP contribution in [-0.4, -0.2) is 29.7 Å². The Bertz CT molecular complexity index is 791. The molecule has 0 amide bonds. The molecule has 2 aromatic carbocycles. The molecule has 0 bridgehead atoms. The number of carbonyl (C=O) groups is 1. The maximum Gasteiger partial charge on any atom is 0.340 e. The van der Waals surface area contributed by atoms with Gasteiger partial charge in [0, 0.05) is 5.69 Å². The highest BCUT2D eigenvalue weighted by atomic mass is 16.5. The minimum atomic E-state index is -0.388. The van der Waals surface area contributed by atoms with E-state index in [1.165, 1.54) is 7.11 Å². The molecule has 0 aliphatic rings. The van der Waals surface area contributed by atoms with Crippen LogP contribution in [0.3, 0.4) is 0 Å². The molecule has 0 aliphatic heterocycles. The lowest BCUT2D eigenvalue weighted by Gasteiger charge is -2.06. The standard InChI is InChI=1S/C16H14N2O3/c1-20-12-8-6-11(7-9-12)18-10-17-15-13(16(19)21-2)4-3-5-14(15)18/h3-10H,1-2H3. The summed E-state index contributed by atoms with van der Waals surface area (Å²) in [5.41, 5.74) is 2.88. The van der Waals surface area contributed by atoms with Crippen molar-refractivity contribution in [3.63, 3.8) is 0 Å². The summed E-state index contributed by atoms with van der Waals surface area (Å²) in [6, 6.07) is 13.1. The molecule has 3 rings (SSSR count). The fraction of sp³-hybridized carbons (Fsp3) is 0.125. The first-order valence-electron chi connectivity index (χ1n) is 6.43. The van der Waals surface area contributed by atoms with Gasteiger partial charge < -0.3 is 9.47 Å². The molecule has 1 aromatic heterocycles. The lowest BCUT2D eigenvalue weighted by Crippen LogP contribution is -2.02. The number of nitrogens with zero attached hydrogens (tertiary/aromatic N) is 2. The summed E-state index contributed by atoms with van der Waals surface area (Å²) in [5.74, 6) is 0.402. The van der Waals surface area contributed by atoms with Crippen molar-refractivity contribution in [3.8, 4) is 11.4 Å². The van der Waals surface area contributed by atoms with Crippen LogP contribution in [0.4, 0.5) is 0 Å². The van der Waals surface area contributed by atoms with Crippen LogP contribution in [0.2, 0.25) is 0 Å². The van der Waals surface area contributed by atoms with Crippen LogP contribution in [0.15, 0.2) is 48.8 Å². The average molecular weight is 282 g/mol. The second-order valence-corrected chi connectivity index (χ2v) is 4.48. The molecule has 0 fully saturated rings. The van der Waals surface area contributed by atoms with E-state index in [1.807, 2.05) is 41.0 Å². The van der Waals surface area contributed by atoms with Gasteiger partial charge in [-0.05, 0) is 36.4 Å². The van der Waals surface area contributed by atoms with E-state index in [1.54, 1.807) is 19.5 Å². The predicted octanol–water partition coefficient (Wildman–Crippen LogP) is 2.82. The number of methoxy groups -OCH3 is 2. The average Bonchev–Trinajstić information content (AvgIpc) is 2.98. The van der Waals surface area contributed by atoms with Crippen LogP contribution in [-0.2, 0) is 4.74 Å². The van der Waals surface area contributed by atoms with Crippen molar-refractivity contribution >= 4 is 17.0 Å². The van der Waals surface area contributed by atoms with E-state index in [9.17, 15) is 4.79 Å². The number of para-hydroxylation sites is 1. The smallest absolute Gasteiger partial charge is 0.340 e. The normalized spacial score (nSPS) is 10.6. The zero-order valence-corrected chi connectivity index (χ0v) is 11.7. The summed E-state index contributed by atoms with van der Waals surface area (Å²) in [7, 11) is 2.99. The first-order chi connectivity index (χ1) is 10.2. The van der Waals surface area contributed by atoms with Crippen molar-refractivity contribution in [1.29, 1.82) is 0 Å². The van der Waals surface area contributed by atoms with Crippen molar-refractivity contribution in [2.45, 2.75) is 0 Å². The Morgan fingerprint density at radius 2 is 1.86 bits per heavy atom. The molecular weight excluding hydrogens is 268 g/mol. The fourth-order valence-corrected chi connectivity index (χ4v) is 2.26.